The molecule has 2 heterocycles. The summed E-state index contributed by atoms with van der Waals surface area (Å²) in [5.41, 5.74) is 2.72. The van der Waals surface area contributed by atoms with Crippen molar-refractivity contribution in [3.05, 3.63) is 51.5 Å². The van der Waals surface area contributed by atoms with E-state index < -0.39 is 5.97 Å². The number of hydrogen-bond acceptors (Lipinski definition) is 5. The quantitative estimate of drug-likeness (QED) is 0.855. The van der Waals surface area contributed by atoms with Gasteiger partial charge >= 0.3 is 5.97 Å². The van der Waals surface area contributed by atoms with Crippen molar-refractivity contribution in [1.29, 1.82) is 0 Å². The van der Waals surface area contributed by atoms with Crippen LogP contribution in [-0.2, 0) is 16.0 Å². The fraction of sp³-hybridized carbons (Fsp3) is 0.353. The molecule has 5 nitrogen and oxygen atoms in total. The molecule has 1 N–H and O–H groups in total. The first-order valence-corrected chi connectivity index (χ1v) is 8.44. The zero-order chi connectivity index (χ0) is 16.2. The summed E-state index contributed by atoms with van der Waals surface area (Å²) in [6, 6.07) is 8.19. The number of nitrogens with zero attached hydrogens (tertiary/aromatic N) is 1. The number of rotatable bonds is 5. The zero-order valence-corrected chi connectivity index (χ0v) is 13.7. The monoisotopic (exact) mass is 330 g/mol. The van der Waals surface area contributed by atoms with Gasteiger partial charge in [0.2, 0.25) is 5.91 Å². The Bertz CT molecular complexity index is 709. The summed E-state index contributed by atoms with van der Waals surface area (Å²) in [6.07, 6.45) is 1.92. The molecule has 0 spiro atoms. The van der Waals surface area contributed by atoms with Gasteiger partial charge in [0, 0.05) is 18.2 Å². The van der Waals surface area contributed by atoms with Crippen LogP contribution in [0.5, 0.6) is 0 Å². The minimum absolute atomic E-state index is 0.0140. The van der Waals surface area contributed by atoms with Gasteiger partial charge in [-0.05, 0) is 18.9 Å². The minimum atomic E-state index is -0.433. The van der Waals surface area contributed by atoms with Crippen LogP contribution >= 0.6 is 11.3 Å². The highest BCUT2D eigenvalue weighted by molar-refractivity contribution is 7.09. The number of aromatic nitrogens is 1. The molecule has 0 aliphatic carbocycles. The number of aryl methyl sites for hydroxylation is 1. The van der Waals surface area contributed by atoms with Crippen LogP contribution in [0.3, 0.4) is 0 Å². The Morgan fingerprint density at radius 1 is 1.39 bits per heavy atom. The molecule has 120 valence electrons. The molecule has 1 fully saturated rings. The molecule has 1 aliphatic rings. The molecule has 6 heteroatoms. The number of amides is 1. The van der Waals surface area contributed by atoms with Crippen LogP contribution in [0.4, 0.5) is 0 Å². The van der Waals surface area contributed by atoms with Crippen molar-refractivity contribution in [1.82, 2.24) is 10.3 Å². The first-order chi connectivity index (χ1) is 11.1. The van der Waals surface area contributed by atoms with Crippen LogP contribution < -0.4 is 5.32 Å². The molecule has 2 aromatic rings. The predicted octanol–water partition coefficient (Wildman–Crippen LogP) is 2.48. The molecule has 1 aromatic carbocycles. The van der Waals surface area contributed by atoms with E-state index in [1.54, 1.807) is 5.38 Å². The van der Waals surface area contributed by atoms with Crippen molar-refractivity contribution in [3.63, 3.8) is 0 Å². The number of thiazole rings is 1. The van der Waals surface area contributed by atoms with Crippen LogP contribution in [0.1, 0.15) is 39.5 Å². The molecule has 1 atom stereocenters. The summed E-state index contributed by atoms with van der Waals surface area (Å²) in [4.78, 5) is 27.5. The van der Waals surface area contributed by atoms with Crippen LogP contribution in [0.15, 0.2) is 29.6 Å². The van der Waals surface area contributed by atoms with Gasteiger partial charge in [-0.15, -0.1) is 11.3 Å². The Morgan fingerprint density at radius 3 is 2.87 bits per heavy atom. The van der Waals surface area contributed by atoms with E-state index in [2.05, 4.69) is 34.6 Å². The van der Waals surface area contributed by atoms with E-state index in [-0.39, 0.29) is 18.6 Å². The minimum Gasteiger partial charge on any atom is -0.459 e. The average Bonchev–Trinajstić information content (AvgIpc) is 3.16. The lowest BCUT2D eigenvalue weighted by Crippen LogP contribution is -2.30. The van der Waals surface area contributed by atoms with Crippen molar-refractivity contribution < 1.29 is 14.3 Å². The number of benzene rings is 1. The topological polar surface area (TPSA) is 68.3 Å². The number of carbonyl (C=O) groups is 2. The molecule has 3 rings (SSSR count). The van der Waals surface area contributed by atoms with E-state index in [9.17, 15) is 9.59 Å². The molecule has 0 saturated carbocycles. The van der Waals surface area contributed by atoms with Crippen LogP contribution in [0.25, 0.3) is 0 Å². The number of hydrogen-bond donors (Lipinski definition) is 1. The second kappa shape index (κ2) is 6.91. The van der Waals surface area contributed by atoms with E-state index >= 15 is 0 Å². The van der Waals surface area contributed by atoms with Gasteiger partial charge < -0.3 is 10.1 Å². The van der Waals surface area contributed by atoms with Gasteiger partial charge in [0.25, 0.3) is 0 Å². The van der Waals surface area contributed by atoms with Crippen molar-refractivity contribution in [2.75, 3.05) is 6.61 Å². The predicted molar refractivity (Wildman–Crippen MR) is 87.5 cm³/mol. The largest absolute Gasteiger partial charge is 0.459 e. The van der Waals surface area contributed by atoms with Gasteiger partial charge in [-0.25, -0.2) is 9.78 Å². The van der Waals surface area contributed by atoms with E-state index in [0.29, 0.717) is 25.0 Å². The first-order valence-electron chi connectivity index (χ1n) is 7.56. The van der Waals surface area contributed by atoms with Gasteiger partial charge in [0.05, 0.1) is 11.0 Å². The lowest BCUT2D eigenvalue weighted by atomic mass is 10.1. The van der Waals surface area contributed by atoms with Crippen LogP contribution in [0.2, 0.25) is 0 Å². The number of carbonyl (C=O) groups excluding carboxylic acids is 2. The third-order valence-electron chi connectivity index (χ3n) is 3.74. The molecular formula is C17H18N2O3S. The van der Waals surface area contributed by atoms with Gasteiger partial charge in [-0.3, -0.25) is 4.79 Å². The fourth-order valence-corrected chi connectivity index (χ4v) is 3.22. The maximum Gasteiger partial charge on any atom is 0.357 e. The Balaban J connectivity index is 1.54. The molecular weight excluding hydrogens is 312 g/mol. The van der Waals surface area contributed by atoms with E-state index in [1.165, 1.54) is 22.5 Å². The average molecular weight is 330 g/mol. The SMILES string of the molecule is Cc1ccc(Cc2nc(C(=O)OC[C@H]3CCC(=O)N3)cs2)cc1. The maximum absolute atomic E-state index is 12.0. The summed E-state index contributed by atoms with van der Waals surface area (Å²) < 4.78 is 5.23. The third-order valence-corrected chi connectivity index (χ3v) is 4.59. The lowest BCUT2D eigenvalue weighted by Gasteiger charge is -2.09. The fourth-order valence-electron chi connectivity index (χ4n) is 2.42. The molecule has 0 bridgehead atoms. The maximum atomic E-state index is 12.0. The molecule has 0 radical (unpaired) electrons. The third kappa shape index (κ3) is 4.16. The highest BCUT2D eigenvalue weighted by Crippen LogP contribution is 2.16. The number of ether oxygens (including phenoxy) is 1. The highest BCUT2D eigenvalue weighted by atomic mass is 32.1. The summed E-state index contributed by atoms with van der Waals surface area (Å²) in [5, 5.41) is 5.37. The summed E-state index contributed by atoms with van der Waals surface area (Å²) in [7, 11) is 0. The molecule has 0 unspecified atom stereocenters. The molecule has 1 aromatic heterocycles. The zero-order valence-electron chi connectivity index (χ0n) is 12.9. The Labute approximate surface area is 138 Å². The summed E-state index contributed by atoms with van der Waals surface area (Å²) >= 11 is 1.45. The molecule has 1 amide bonds. The van der Waals surface area contributed by atoms with Gasteiger partial charge in [-0.1, -0.05) is 29.8 Å². The van der Waals surface area contributed by atoms with Crippen LogP contribution in [-0.4, -0.2) is 29.5 Å². The van der Waals surface area contributed by atoms with E-state index in [0.717, 1.165) is 5.01 Å². The Kier molecular flexibility index (Phi) is 4.71. The standard InChI is InChI=1S/C17H18N2O3S/c1-11-2-4-12(5-3-11)8-16-19-14(10-23-16)17(21)22-9-13-6-7-15(20)18-13/h2-5,10,13H,6-9H2,1H3,(H,18,20)/t13-/m1/s1. The van der Waals surface area contributed by atoms with Gasteiger partial charge in [-0.2, -0.15) is 0 Å². The first kappa shape index (κ1) is 15.7. The summed E-state index contributed by atoms with van der Waals surface area (Å²) in [5.74, 6) is -0.419. The van der Waals surface area contributed by atoms with Crippen LogP contribution in [0, 0.1) is 6.92 Å². The number of nitrogens with one attached hydrogen (secondary N) is 1. The van der Waals surface area contributed by atoms with Crippen molar-refractivity contribution in [2.45, 2.75) is 32.2 Å². The normalized spacial score (nSPS) is 17.1. The Hall–Kier alpha value is -2.21. The second-order valence-corrected chi connectivity index (χ2v) is 6.63. The molecule has 1 saturated heterocycles. The van der Waals surface area contributed by atoms with Gasteiger partial charge in [0.1, 0.15) is 6.61 Å². The number of esters is 1. The molecule has 23 heavy (non-hydrogen) atoms. The van der Waals surface area contributed by atoms with Crippen molar-refractivity contribution in [3.8, 4) is 0 Å². The smallest absolute Gasteiger partial charge is 0.357 e. The van der Waals surface area contributed by atoms with Crippen molar-refractivity contribution >= 4 is 23.2 Å². The summed E-state index contributed by atoms with van der Waals surface area (Å²) in [6.45, 7) is 2.25. The lowest BCUT2D eigenvalue weighted by molar-refractivity contribution is -0.119. The van der Waals surface area contributed by atoms with Gasteiger partial charge in [0.15, 0.2) is 5.69 Å². The van der Waals surface area contributed by atoms with E-state index in [1.807, 2.05) is 6.92 Å². The second-order valence-electron chi connectivity index (χ2n) is 5.69. The highest BCUT2D eigenvalue weighted by Gasteiger charge is 2.22. The van der Waals surface area contributed by atoms with Crippen molar-refractivity contribution in [2.24, 2.45) is 0 Å². The molecule has 1 aliphatic heterocycles. The van der Waals surface area contributed by atoms with E-state index in [4.69, 9.17) is 4.74 Å². The Morgan fingerprint density at radius 2 is 2.17 bits per heavy atom.